The summed E-state index contributed by atoms with van der Waals surface area (Å²) in [4.78, 5) is 0. The summed E-state index contributed by atoms with van der Waals surface area (Å²) in [6, 6.07) is 25.5. The summed E-state index contributed by atoms with van der Waals surface area (Å²) in [6.45, 7) is 6.58. The quantitative estimate of drug-likeness (QED) is 0.581. The fraction of sp³-hybridized carbons (Fsp3) is 0.250. The molecule has 0 fully saturated rings. The van der Waals surface area contributed by atoms with E-state index in [1.54, 1.807) is 0 Å². The summed E-state index contributed by atoms with van der Waals surface area (Å²) in [5.74, 6) is -3.28. The summed E-state index contributed by atoms with van der Waals surface area (Å²) in [7, 11) is 0. The first-order valence-corrected chi connectivity index (χ1v) is 12.8. The first-order chi connectivity index (χ1) is 12.9. The van der Waals surface area contributed by atoms with E-state index in [0.717, 1.165) is 6.16 Å². The molecule has 0 aliphatic carbocycles. The van der Waals surface area contributed by atoms with Crippen LogP contribution in [-0.2, 0) is 0 Å². The Bertz CT molecular complexity index is 837. The summed E-state index contributed by atoms with van der Waals surface area (Å²) >= 11 is 8.09. The minimum atomic E-state index is -3.28. The minimum absolute atomic E-state index is 0.133. The van der Waals surface area contributed by atoms with Gasteiger partial charge in [-0.2, -0.15) is 0 Å². The monoisotopic (exact) mass is 398 g/mol. The molecular formula is C24H28ClOP. The second-order valence-electron chi connectivity index (χ2n) is 7.34. The van der Waals surface area contributed by atoms with E-state index in [0.29, 0.717) is 6.42 Å². The molecule has 0 aromatic heterocycles. The number of halogens is 1. The zero-order valence-corrected chi connectivity index (χ0v) is 18.0. The van der Waals surface area contributed by atoms with E-state index in [2.05, 4.69) is 93.6 Å². The zero-order valence-electron chi connectivity index (χ0n) is 16.3. The van der Waals surface area contributed by atoms with Gasteiger partial charge in [0.15, 0.2) is 0 Å². The van der Waals surface area contributed by atoms with Gasteiger partial charge in [0.1, 0.15) is 0 Å². The van der Waals surface area contributed by atoms with E-state index in [1.165, 1.54) is 32.6 Å². The molecule has 3 rings (SSSR count). The van der Waals surface area contributed by atoms with Gasteiger partial charge in [-0.15, -0.1) is 0 Å². The van der Waals surface area contributed by atoms with Gasteiger partial charge in [0.05, 0.1) is 0 Å². The molecule has 0 amide bonds. The number of benzene rings is 3. The maximum atomic E-state index is 9.75. The standard InChI is InChI=1S/C24H28ClOP/c1-19-11-4-7-14-22(19)27(25,18-10-17-26,23-15-8-5-12-20(23)2)24-16-9-6-13-21(24)3/h4-9,11-16,26H,10,17-18H2,1-3H3. The molecule has 1 nitrogen and oxygen atoms in total. The number of aliphatic hydroxyl groups is 1. The molecule has 0 spiro atoms. The molecule has 27 heavy (non-hydrogen) atoms. The second kappa shape index (κ2) is 7.76. The van der Waals surface area contributed by atoms with Crippen molar-refractivity contribution >= 4 is 33.1 Å². The molecule has 0 aliphatic rings. The summed E-state index contributed by atoms with van der Waals surface area (Å²) < 4.78 is 0. The third-order valence-corrected chi connectivity index (χ3v) is 13.4. The van der Waals surface area contributed by atoms with E-state index in [-0.39, 0.29) is 6.61 Å². The van der Waals surface area contributed by atoms with Crippen LogP contribution in [-0.4, -0.2) is 17.9 Å². The fourth-order valence-corrected chi connectivity index (χ4v) is 12.3. The molecule has 0 aliphatic heterocycles. The molecule has 1 N–H and O–H groups in total. The van der Waals surface area contributed by atoms with Crippen LogP contribution in [0.15, 0.2) is 72.8 Å². The van der Waals surface area contributed by atoms with Gasteiger partial charge in [0, 0.05) is 0 Å². The van der Waals surface area contributed by atoms with Crippen molar-refractivity contribution in [3.05, 3.63) is 89.5 Å². The Kier molecular flexibility index (Phi) is 5.77. The number of rotatable bonds is 6. The fourth-order valence-electron chi connectivity index (χ4n) is 4.38. The van der Waals surface area contributed by atoms with Crippen LogP contribution < -0.4 is 15.9 Å². The Hall–Kier alpha value is -1.66. The molecular weight excluding hydrogens is 371 g/mol. The molecule has 0 saturated heterocycles. The van der Waals surface area contributed by atoms with Gasteiger partial charge in [0.25, 0.3) is 0 Å². The van der Waals surface area contributed by atoms with Crippen molar-refractivity contribution < 1.29 is 5.11 Å². The van der Waals surface area contributed by atoms with Crippen LogP contribution >= 0.6 is 17.2 Å². The molecule has 0 unspecified atom stereocenters. The first-order valence-electron chi connectivity index (χ1n) is 9.45. The predicted molar refractivity (Wildman–Crippen MR) is 122 cm³/mol. The van der Waals surface area contributed by atoms with Gasteiger partial charge < -0.3 is 0 Å². The number of aryl methyl sites for hydroxylation is 3. The van der Waals surface area contributed by atoms with Gasteiger partial charge in [0.2, 0.25) is 0 Å². The van der Waals surface area contributed by atoms with Gasteiger partial charge in [-0.1, -0.05) is 0 Å². The second-order valence-corrected chi connectivity index (χ2v) is 13.8. The third kappa shape index (κ3) is 3.23. The molecule has 0 radical (unpaired) electrons. The van der Waals surface area contributed by atoms with E-state index >= 15 is 0 Å². The van der Waals surface area contributed by atoms with Gasteiger partial charge >= 0.3 is 168 Å². The maximum absolute atomic E-state index is 9.75. The van der Waals surface area contributed by atoms with Crippen molar-refractivity contribution in [2.45, 2.75) is 27.2 Å². The molecule has 3 aromatic carbocycles. The van der Waals surface area contributed by atoms with E-state index < -0.39 is 5.96 Å². The summed E-state index contributed by atoms with van der Waals surface area (Å²) in [5, 5.41) is 13.4. The Balaban J connectivity index is 2.53. The Morgan fingerprint density at radius 3 is 1.30 bits per heavy atom. The van der Waals surface area contributed by atoms with E-state index in [1.807, 2.05) is 0 Å². The average Bonchev–Trinajstić information content (AvgIpc) is 2.67. The SMILES string of the molecule is Cc1ccccc1P(Cl)(CCCO)(c1ccccc1C)c1ccccc1C. The molecule has 0 bridgehead atoms. The molecule has 3 heteroatoms. The molecule has 3 aromatic rings. The van der Waals surface area contributed by atoms with Crippen LogP contribution in [0.1, 0.15) is 23.1 Å². The van der Waals surface area contributed by atoms with Crippen LogP contribution in [0.3, 0.4) is 0 Å². The van der Waals surface area contributed by atoms with Crippen LogP contribution in [0.25, 0.3) is 0 Å². The molecule has 0 atom stereocenters. The first kappa shape index (κ1) is 20.1. The number of hydrogen-bond acceptors (Lipinski definition) is 1. The molecule has 0 heterocycles. The van der Waals surface area contributed by atoms with E-state index in [9.17, 15) is 5.11 Å². The van der Waals surface area contributed by atoms with Crippen LogP contribution in [0.2, 0.25) is 0 Å². The van der Waals surface area contributed by atoms with Gasteiger partial charge in [-0.05, 0) is 0 Å². The van der Waals surface area contributed by atoms with Crippen molar-refractivity contribution in [1.29, 1.82) is 0 Å². The van der Waals surface area contributed by atoms with Crippen molar-refractivity contribution in [3.8, 4) is 0 Å². The van der Waals surface area contributed by atoms with Gasteiger partial charge in [-0.25, -0.2) is 0 Å². The predicted octanol–water partition coefficient (Wildman–Crippen LogP) is 4.98. The Morgan fingerprint density at radius 1 is 0.667 bits per heavy atom. The molecule has 142 valence electrons. The zero-order chi connectivity index (χ0) is 19.5. The Labute approximate surface area is 167 Å². The van der Waals surface area contributed by atoms with Crippen LogP contribution in [0.4, 0.5) is 0 Å². The van der Waals surface area contributed by atoms with E-state index in [4.69, 9.17) is 11.2 Å². The third-order valence-electron chi connectivity index (χ3n) is 5.59. The number of hydrogen-bond donors (Lipinski definition) is 1. The van der Waals surface area contributed by atoms with Gasteiger partial charge in [-0.3, -0.25) is 0 Å². The molecule has 0 saturated carbocycles. The van der Waals surface area contributed by atoms with Crippen molar-refractivity contribution in [2.75, 3.05) is 12.8 Å². The number of aliphatic hydroxyl groups excluding tert-OH is 1. The average molecular weight is 399 g/mol. The normalized spacial score (nSPS) is 13.1. The topological polar surface area (TPSA) is 20.2 Å². The van der Waals surface area contributed by atoms with Crippen molar-refractivity contribution in [2.24, 2.45) is 0 Å². The summed E-state index contributed by atoms with van der Waals surface area (Å²) in [5.41, 5.74) is 3.61. The van der Waals surface area contributed by atoms with Crippen molar-refractivity contribution in [1.82, 2.24) is 0 Å². The van der Waals surface area contributed by atoms with Crippen molar-refractivity contribution in [3.63, 3.8) is 0 Å². The van der Waals surface area contributed by atoms with Crippen LogP contribution in [0.5, 0.6) is 0 Å². The van der Waals surface area contributed by atoms with Crippen LogP contribution in [0, 0.1) is 20.8 Å². The summed E-state index contributed by atoms with van der Waals surface area (Å²) in [6.07, 6.45) is 1.41. The Morgan fingerprint density at radius 2 is 1.00 bits per heavy atom.